The molecule has 0 bridgehead atoms. The minimum absolute atomic E-state index is 0. The van der Waals surface area contributed by atoms with E-state index in [0.717, 1.165) is 12.8 Å². The second kappa shape index (κ2) is 8.41. The summed E-state index contributed by atoms with van der Waals surface area (Å²) >= 11 is 0. The highest BCUT2D eigenvalue weighted by atomic mass is 35.5. The largest absolute Gasteiger partial charge is 0.397 e. The van der Waals surface area contributed by atoms with Crippen molar-refractivity contribution in [2.75, 3.05) is 26.4 Å². The van der Waals surface area contributed by atoms with Gasteiger partial charge in [0.15, 0.2) is 0 Å². The number of anilines is 1. The third-order valence-electron chi connectivity index (χ3n) is 4.08. The lowest BCUT2D eigenvalue weighted by molar-refractivity contribution is 0.0895. The van der Waals surface area contributed by atoms with Crippen molar-refractivity contribution in [2.45, 2.75) is 31.2 Å². The summed E-state index contributed by atoms with van der Waals surface area (Å²) in [5.41, 5.74) is 6.65. The number of likely N-dealkylation sites (N-methyl/N-ethyl adjacent to an activating group) is 1. The number of hydrogen-bond acceptors (Lipinski definition) is 4. The van der Waals surface area contributed by atoms with Crippen LogP contribution in [0.25, 0.3) is 0 Å². The van der Waals surface area contributed by atoms with Crippen LogP contribution in [-0.4, -0.2) is 42.0 Å². The standard InChI is InChI=1S/C14H22N4O.2ClH/c1-18(2)14(7-3-4-8-14)10-17-13(19)12-6-5-11(15)9-16-12;;/h5-6,9H,3-4,7-8,10,15H2,1-2H3,(H,17,19);2*1H. The van der Waals surface area contributed by atoms with E-state index in [4.69, 9.17) is 5.73 Å². The summed E-state index contributed by atoms with van der Waals surface area (Å²) in [6.07, 6.45) is 6.24. The first-order chi connectivity index (χ1) is 9.03. The zero-order chi connectivity index (χ0) is 13.9. The average molecular weight is 335 g/mol. The highest BCUT2D eigenvalue weighted by molar-refractivity contribution is 5.92. The van der Waals surface area contributed by atoms with E-state index in [2.05, 4.69) is 29.3 Å². The topological polar surface area (TPSA) is 71.2 Å². The molecule has 1 aromatic rings. The van der Waals surface area contributed by atoms with Gasteiger partial charge in [0.2, 0.25) is 0 Å². The Labute approximate surface area is 138 Å². The van der Waals surface area contributed by atoms with Crippen LogP contribution in [0.5, 0.6) is 0 Å². The number of pyridine rings is 1. The van der Waals surface area contributed by atoms with Gasteiger partial charge in [-0.15, -0.1) is 24.8 Å². The molecule has 0 saturated heterocycles. The normalized spacial score (nSPS) is 16.0. The molecule has 5 nitrogen and oxygen atoms in total. The van der Waals surface area contributed by atoms with Crippen molar-refractivity contribution in [3.8, 4) is 0 Å². The minimum atomic E-state index is -0.131. The summed E-state index contributed by atoms with van der Waals surface area (Å²) in [5.74, 6) is -0.131. The molecule has 21 heavy (non-hydrogen) atoms. The van der Waals surface area contributed by atoms with Crippen molar-refractivity contribution < 1.29 is 4.79 Å². The number of amides is 1. The molecule has 0 aromatic carbocycles. The molecule has 7 heteroatoms. The summed E-state index contributed by atoms with van der Waals surface area (Å²) in [5, 5.41) is 3.00. The maximum absolute atomic E-state index is 12.0. The quantitative estimate of drug-likeness (QED) is 0.884. The van der Waals surface area contributed by atoms with E-state index in [1.165, 1.54) is 19.0 Å². The van der Waals surface area contributed by atoms with Crippen LogP contribution in [-0.2, 0) is 0 Å². The van der Waals surface area contributed by atoms with E-state index >= 15 is 0 Å². The third kappa shape index (κ3) is 4.73. The Balaban J connectivity index is 0.00000200. The fraction of sp³-hybridized carbons (Fsp3) is 0.571. The fourth-order valence-corrected chi connectivity index (χ4v) is 2.69. The van der Waals surface area contributed by atoms with Crippen LogP contribution in [0.1, 0.15) is 36.2 Å². The zero-order valence-electron chi connectivity index (χ0n) is 12.5. The van der Waals surface area contributed by atoms with Crippen molar-refractivity contribution in [1.82, 2.24) is 15.2 Å². The van der Waals surface area contributed by atoms with Crippen LogP contribution in [0.3, 0.4) is 0 Å². The first kappa shape index (κ1) is 20.0. The van der Waals surface area contributed by atoms with Gasteiger partial charge in [-0.25, -0.2) is 4.98 Å². The Hall–Kier alpha value is -1.04. The molecule has 0 atom stereocenters. The van der Waals surface area contributed by atoms with E-state index in [-0.39, 0.29) is 36.3 Å². The molecule has 2 rings (SSSR count). The van der Waals surface area contributed by atoms with Gasteiger partial charge in [-0.3, -0.25) is 4.79 Å². The van der Waals surface area contributed by atoms with E-state index in [0.29, 0.717) is 17.9 Å². The van der Waals surface area contributed by atoms with E-state index in [1.54, 1.807) is 12.1 Å². The SMILES string of the molecule is CN(C)C1(CNC(=O)c2ccc(N)cn2)CCCC1.Cl.Cl. The lowest BCUT2D eigenvalue weighted by atomic mass is 9.96. The van der Waals surface area contributed by atoms with Crippen molar-refractivity contribution in [1.29, 1.82) is 0 Å². The molecular weight excluding hydrogens is 311 g/mol. The Bertz CT molecular complexity index is 445. The second-order valence-corrected chi connectivity index (χ2v) is 5.49. The van der Waals surface area contributed by atoms with Gasteiger partial charge in [-0.05, 0) is 39.1 Å². The first-order valence-electron chi connectivity index (χ1n) is 6.71. The summed E-state index contributed by atoms with van der Waals surface area (Å²) in [4.78, 5) is 18.3. The third-order valence-corrected chi connectivity index (χ3v) is 4.08. The molecule has 0 spiro atoms. The van der Waals surface area contributed by atoms with Crippen molar-refractivity contribution in [3.63, 3.8) is 0 Å². The van der Waals surface area contributed by atoms with Crippen molar-refractivity contribution in [3.05, 3.63) is 24.0 Å². The van der Waals surface area contributed by atoms with Gasteiger partial charge in [-0.2, -0.15) is 0 Å². The van der Waals surface area contributed by atoms with Gasteiger partial charge in [0, 0.05) is 12.1 Å². The number of rotatable bonds is 4. The molecule has 3 N–H and O–H groups in total. The Morgan fingerprint density at radius 3 is 2.43 bits per heavy atom. The Morgan fingerprint density at radius 1 is 1.33 bits per heavy atom. The number of aromatic nitrogens is 1. The number of carbonyl (C=O) groups is 1. The van der Waals surface area contributed by atoms with E-state index in [1.807, 2.05) is 0 Å². The summed E-state index contributed by atoms with van der Waals surface area (Å²) in [6.45, 7) is 0.672. The van der Waals surface area contributed by atoms with Crippen molar-refractivity contribution in [2.24, 2.45) is 0 Å². The lowest BCUT2D eigenvalue weighted by Gasteiger charge is -2.36. The monoisotopic (exact) mass is 334 g/mol. The van der Waals surface area contributed by atoms with Crippen LogP contribution in [0.15, 0.2) is 18.3 Å². The van der Waals surface area contributed by atoms with Crippen LogP contribution in [0.2, 0.25) is 0 Å². The number of carbonyl (C=O) groups excluding carboxylic acids is 1. The molecule has 1 aromatic heterocycles. The molecular formula is C14H24Cl2N4O. The van der Waals surface area contributed by atoms with Gasteiger partial charge in [0.1, 0.15) is 5.69 Å². The smallest absolute Gasteiger partial charge is 0.269 e. The predicted molar refractivity (Wildman–Crippen MR) is 90.4 cm³/mol. The molecule has 1 amide bonds. The van der Waals surface area contributed by atoms with Crippen LogP contribution < -0.4 is 11.1 Å². The molecule has 120 valence electrons. The van der Waals surface area contributed by atoms with Crippen LogP contribution in [0.4, 0.5) is 5.69 Å². The Kier molecular flexibility index (Phi) is 8.00. The molecule has 0 radical (unpaired) electrons. The minimum Gasteiger partial charge on any atom is -0.397 e. The van der Waals surface area contributed by atoms with Crippen molar-refractivity contribution >= 4 is 36.4 Å². The van der Waals surface area contributed by atoms with E-state index in [9.17, 15) is 4.79 Å². The number of nitrogen functional groups attached to an aromatic ring is 1. The molecule has 0 aliphatic heterocycles. The van der Waals surface area contributed by atoms with Gasteiger partial charge in [0.25, 0.3) is 5.91 Å². The predicted octanol–water partition coefficient (Wildman–Crippen LogP) is 2.11. The lowest BCUT2D eigenvalue weighted by Crippen LogP contribution is -2.50. The Morgan fingerprint density at radius 2 is 1.95 bits per heavy atom. The maximum atomic E-state index is 12.0. The van der Waals surface area contributed by atoms with Crippen LogP contribution in [0, 0.1) is 0 Å². The molecule has 1 saturated carbocycles. The molecule has 1 fully saturated rings. The fourth-order valence-electron chi connectivity index (χ4n) is 2.69. The van der Waals surface area contributed by atoms with Gasteiger partial charge in [0.05, 0.1) is 11.9 Å². The maximum Gasteiger partial charge on any atom is 0.269 e. The second-order valence-electron chi connectivity index (χ2n) is 5.49. The highest BCUT2D eigenvalue weighted by Gasteiger charge is 2.36. The number of hydrogen-bond donors (Lipinski definition) is 2. The first-order valence-corrected chi connectivity index (χ1v) is 6.71. The summed E-state index contributed by atoms with van der Waals surface area (Å²) in [6, 6.07) is 3.35. The zero-order valence-corrected chi connectivity index (χ0v) is 14.1. The number of nitrogens with one attached hydrogen (secondary N) is 1. The summed E-state index contributed by atoms with van der Waals surface area (Å²) < 4.78 is 0. The molecule has 1 heterocycles. The highest BCUT2D eigenvalue weighted by Crippen LogP contribution is 2.33. The number of nitrogens with two attached hydrogens (primary N) is 1. The molecule has 1 aliphatic carbocycles. The molecule has 1 aliphatic rings. The van der Waals surface area contributed by atoms with Gasteiger partial charge in [-0.1, -0.05) is 12.8 Å². The molecule has 0 unspecified atom stereocenters. The average Bonchev–Trinajstić information content (AvgIpc) is 2.87. The summed E-state index contributed by atoms with van der Waals surface area (Å²) in [7, 11) is 4.16. The van der Waals surface area contributed by atoms with Crippen LogP contribution >= 0.6 is 24.8 Å². The van der Waals surface area contributed by atoms with Gasteiger partial charge >= 0.3 is 0 Å². The number of nitrogens with zero attached hydrogens (tertiary/aromatic N) is 2. The van der Waals surface area contributed by atoms with E-state index < -0.39 is 0 Å². The van der Waals surface area contributed by atoms with Gasteiger partial charge < -0.3 is 16.0 Å². The number of halogens is 2.